The lowest BCUT2D eigenvalue weighted by Gasteiger charge is -2.22. The summed E-state index contributed by atoms with van der Waals surface area (Å²) in [5.41, 5.74) is 1.44. The van der Waals surface area contributed by atoms with Crippen molar-refractivity contribution in [1.29, 1.82) is 0 Å². The van der Waals surface area contributed by atoms with Crippen LogP contribution in [-0.4, -0.2) is 26.3 Å². The average Bonchev–Trinajstić information content (AvgIpc) is 2.38. The van der Waals surface area contributed by atoms with Gasteiger partial charge in [0.15, 0.2) is 0 Å². The van der Waals surface area contributed by atoms with E-state index in [0.29, 0.717) is 11.8 Å². The molecule has 0 amide bonds. The maximum absolute atomic E-state index is 5.33. The minimum atomic E-state index is 0.596. The zero-order valence-corrected chi connectivity index (χ0v) is 12.0. The van der Waals surface area contributed by atoms with Crippen molar-refractivity contribution in [1.82, 2.24) is 5.32 Å². The summed E-state index contributed by atoms with van der Waals surface area (Å²) in [4.78, 5) is 0. The SMILES string of the molecule is CCOCCCNCC(c1ccccc1)C(C)C. The molecule has 0 heterocycles. The summed E-state index contributed by atoms with van der Waals surface area (Å²) in [5.74, 6) is 1.25. The summed E-state index contributed by atoms with van der Waals surface area (Å²) in [6, 6.07) is 10.8. The third-order valence-electron chi connectivity index (χ3n) is 3.24. The lowest BCUT2D eigenvalue weighted by Crippen LogP contribution is -2.26. The molecule has 0 aliphatic carbocycles. The molecule has 1 unspecified atom stereocenters. The van der Waals surface area contributed by atoms with Crippen molar-refractivity contribution in [2.75, 3.05) is 26.3 Å². The second kappa shape index (κ2) is 9.12. The summed E-state index contributed by atoms with van der Waals surface area (Å²) in [6.45, 7) is 10.4. The Morgan fingerprint density at radius 2 is 1.89 bits per heavy atom. The van der Waals surface area contributed by atoms with Crippen LogP contribution in [0, 0.1) is 5.92 Å². The van der Waals surface area contributed by atoms with E-state index in [9.17, 15) is 0 Å². The van der Waals surface area contributed by atoms with Gasteiger partial charge in [0.25, 0.3) is 0 Å². The van der Waals surface area contributed by atoms with Gasteiger partial charge in [0.1, 0.15) is 0 Å². The van der Waals surface area contributed by atoms with E-state index in [2.05, 4.69) is 49.5 Å². The zero-order valence-electron chi connectivity index (χ0n) is 12.0. The lowest BCUT2D eigenvalue weighted by atomic mass is 9.88. The Bertz CT molecular complexity index is 297. The molecule has 2 nitrogen and oxygen atoms in total. The number of hydrogen-bond acceptors (Lipinski definition) is 2. The first-order chi connectivity index (χ1) is 8.75. The lowest BCUT2D eigenvalue weighted by molar-refractivity contribution is 0.144. The van der Waals surface area contributed by atoms with E-state index in [1.54, 1.807) is 0 Å². The van der Waals surface area contributed by atoms with E-state index in [4.69, 9.17) is 4.74 Å². The normalized spacial score (nSPS) is 12.9. The van der Waals surface area contributed by atoms with Gasteiger partial charge in [-0.25, -0.2) is 0 Å². The van der Waals surface area contributed by atoms with Gasteiger partial charge in [-0.2, -0.15) is 0 Å². The molecule has 0 radical (unpaired) electrons. The van der Waals surface area contributed by atoms with Gasteiger partial charge in [-0.05, 0) is 37.3 Å². The van der Waals surface area contributed by atoms with E-state index in [1.165, 1.54) is 5.56 Å². The highest BCUT2D eigenvalue weighted by atomic mass is 16.5. The Morgan fingerprint density at radius 3 is 2.50 bits per heavy atom. The molecule has 0 saturated carbocycles. The van der Waals surface area contributed by atoms with E-state index < -0.39 is 0 Å². The molecule has 0 aliphatic rings. The van der Waals surface area contributed by atoms with Crippen molar-refractivity contribution >= 4 is 0 Å². The van der Waals surface area contributed by atoms with Crippen molar-refractivity contribution in [2.45, 2.75) is 33.1 Å². The molecule has 1 aromatic rings. The predicted octanol–water partition coefficient (Wildman–Crippen LogP) is 3.44. The molecule has 0 spiro atoms. The van der Waals surface area contributed by atoms with Crippen LogP contribution in [0.15, 0.2) is 30.3 Å². The van der Waals surface area contributed by atoms with Crippen LogP contribution < -0.4 is 5.32 Å². The maximum Gasteiger partial charge on any atom is 0.0477 e. The Hall–Kier alpha value is -0.860. The van der Waals surface area contributed by atoms with Gasteiger partial charge in [0, 0.05) is 19.8 Å². The molecule has 1 atom stereocenters. The predicted molar refractivity (Wildman–Crippen MR) is 78.0 cm³/mol. The van der Waals surface area contributed by atoms with Crippen molar-refractivity contribution in [3.05, 3.63) is 35.9 Å². The summed E-state index contributed by atoms with van der Waals surface area (Å²) >= 11 is 0. The largest absolute Gasteiger partial charge is 0.382 e. The van der Waals surface area contributed by atoms with Gasteiger partial charge in [-0.15, -0.1) is 0 Å². The molecule has 0 aromatic heterocycles. The van der Waals surface area contributed by atoms with Gasteiger partial charge in [-0.3, -0.25) is 0 Å². The molecule has 1 rings (SSSR count). The van der Waals surface area contributed by atoms with Crippen molar-refractivity contribution < 1.29 is 4.74 Å². The average molecular weight is 249 g/mol. The van der Waals surface area contributed by atoms with E-state index >= 15 is 0 Å². The van der Waals surface area contributed by atoms with E-state index in [-0.39, 0.29) is 0 Å². The molecule has 0 saturated heterocycles. The molecule has 1 N–H and O–H groups in total. The molecule has 0 aliphatic heterocycles. The Morgan fingerprint density at radius 1 is 1.17 bits per heavy atom. The highest BCUT2D eigenvalue weighted by Crippen LogP contribution is 2.23. The smallest absolute Gasteiger partial charge is 0.0477 e. The number of rotatable bonds is 9. The molecule has 102 valence electrons. The third-order valence-corrected chi connectivity index (χ3v) is 3.24. The Balaban J connectivity index is 2.31. The van der Waals surface area contributed by atoms with Crippen LogP contribution in [0.3, 0.4) is 0 Å². The van der Waals surface area contributed by atoms with Crippen LogP contribution in [0.1, 0.15) is 38.7 Å². The number of benzene rings is 1. The van der Waals surface area contributed by atoms with Crippen LogP contribution >= 0.6 is 0 Å². The van der Waals surface area contributed by atoms with Gasteiger partial charge in [-0.1, -0.05) is 44.2 Å². The molecule has 0 fully saturated rings. The number of nitrogens with one attached hydrogen (secondary N) is 1. The highest BCUT2D eigenvalue weighted by Gasteiger charge is 2.14. The molecule has 2 heteroatoms. The van der Waals surface area contributed by atoms with Crippen molar-refractivity contribution in [3.8, 4) is 0 Å². The molecule has 1 aromatic carbocycles. The third kappa shape index (κ3) is 5.65. The first-order valence-electron chi connectivity index (χ1n) is 7.09. The monoisotopic (exact) mass is 249 g/mol. The summed E-state index contributed by atoms with van der Waals surface area (Å²) in [7, 11) is 0. The van der Waals surface area contributed by atoms with E-state index in [0.717, 1.165) is 32.7 Å². The topological polar surface area (TPSA) is 21.3 Å². The minimum Gasteiger partial charge on any atom is -0.382 e. The molecular weight excluding hydrogens is 222 g/mol. The standard InChI is InChI=1S/C16H27NO/c1-4-18-12-8-11-17-13-16(14(2)3)15-9-6-5-7-10-15/h5-7,9-10,14,16-17H,4,8,11-13H2,1-3H3. The van der Waals surface area contributed by atoms with Gasteiger partial charge < -0.3 is 10.1 Å². The summed E-state index contributed by atoms with van der Waals surface area (Å²) < 4.78 is 5.33. The fraction of sp³-hybridized carbons (Fsp3) is 0.625. The second-order valence-electron chi connectivity index (χ2n) is 5.02. The van der Waals surface area contributed by atoms with Gasteiger partial charge in [0.2, 0.25) is 0 Å². The van der Waals surface area contributed by atoms with Crippen molar-refractivity contribution in [2.24, 2.45) is 5.92 Å². The highest BCUT2D eigenvalue weighted by molar-refractivity contribution is 5.20. The number of ether oxygens (including phenoxy) is 1. The first kappa shape index (κ1) is 15.2. The molecule has 0 bridgehead atoms. The molecular formula is C16H27NO. The van der Waals surface area contributed by atoms with Crippen LogP contribution in [0.2, 0.25) is 0 Å². The fourth-order valence-electron chi connectivity index (χ4n) is 2.14. The molecule has 18 heavy (non-hydrogen) atoms. The van der Waals surface area contributed by atoms with Crippen LogP contribution in [0.4, 0.5) is 0 Å². The maximum atomic E-state index is 5.33. The quantitative estimate of drug-likeness (QED) is 0.677. The minimum absolute atomic E-state index is 0.596. The van der Waals surface area contributed by atoms with Gasteiger partial charge in [0.05, 0.1) is 0 Å². The zero-order chi connectivity index (χ0) is 13.2. The second-order valence-corrected chi connectivity index (χ2v) is 5.02. The van der Waals surface area contributed by atoms with E-state index in [1.807, 2.05) is 6.92 Å². The summed E-state index contributed by atoms with van der Waals surface area (Å²) in [6.07, 6.45) is 1.09. The Labute approximate surface area is 112 Å². The fourth-order valence-corrected chi connectivity index (χ4v) is 2.14. The van der Waals surface area contributed by atoms with Gasteiger partial charge >= 0.3 is 0 Å². The summed E-state index contributed by atoms with van der Waals surface area (Å²) in [5, 5.41) is 3.54. The number of hydrogen-bond donors (Lipinski definition) is 1. The van der Waals surface area contributed by atoms with Crippen LogP contribution in [-0.2, 0) is 4.74 Å². The van der Waals surface area contributed by atoms with Crippen LogP contribution in [0.25, 0.3) is 0 Å². The Kier molecular flexibility index (Phi) is 7.70. The van der Waals surface area contributed by atoms with Crippen LogP contribution in [0.5, 0.6) is 0 Å². The van der Waals surface area contributed by atoms with Crippen molar-refractivity contribution in [3.63, 3.8) is 0 Å². The first-order valence-corrected chi connectivity index (χ1v) is 7.09.